The minimum atomic E-state index is 0.459. The van der Waals surface area contributed by atoms with E-state index in [2.05, 4.69) is 83.8 Å². The molecule has 0 aromatic heterocycles. The zero-order chi connectivity index (χ0) is 17.9. The lowest BCUT2D eigenvalue weighted by molar-refractivity contribution is 0.240. The highest BCUT2D eigenvalue weighted by Crippen LogP contribution is 2.08. The highest BCUT2D eigenvalue weighted by atomic mass is 15.1. The second kappa shape index (κ2) is 10.5. The van der Waals surface area contributed by atoms with E-state index in [1.807, 2.05) is 6.07 Å². The highest BCUT2D eigenvalue weighted by Gasteiger charge is 2.09. The maximum atomic E-state index is 5.95. The van der Waals surface area contributed by atoms with E-state index >= 15 is 0 Å². The molecule has 2 aromatic carbocycles. The predicted octanol–water partition coefficient (Wildman–Crippen LogP) is 3.04. The molecule has 0 saturated heterocycles. The fourth-order valence-electron chi connectivity index (χ4n) is 2.65. The molecule has 0 aliphatic rings. The first kappa shape index (κ1) is 19.0. The summed E-state index contributed by atoms with van der Waals surface area (Å²) in [6.45, 7) is 4.74. The van der Waals surface area contributed by atoms with Gasteiger partial charge >= 0.3 is 0 Å². The quantitative estimate of drug-likeness (QED) is 0.546. The predicted molar refractivity (Wildman–Crippen MR) is 107 cm³/mol. The second-order valence-corrected chi connectivity index (χ2v) is 6.47. The normalized spacial score (nSPS) is 13.0. The van der Waals surface area contributed by atoms with Crippen molar-refractivity contribution in [2.75, 3.05) is 20.1 Å². The monoisotopic (exact) mass is 338 g/mol. The van der Waals surface area contributed by atoms with Crippen LogP contribution < -0.4 is 11.1 Å². The molecule has 0 aliphatic heterocycles. The van der Waals surface area contributed by atoms with Crippen molar-refractivity contribution in [1.29, 1.82) is 0 Å². The minimum absolute atomic E-state index is 0.459. The third-order valence-corrected chi connectivity index (χ3v) is 4.42. The van der Waals surface area contributed by atoms with Crippen molar-refractivity contribution in [1.82, 2.24) is 10.2 Å². The van der Waals surface area contributed by atoms with Gasteiger partial charge in [0.1, 0.15) is 0 Å². The fourth-order valence-corrected chi connectivity index (χ4v) is 2.65. The van der Waals surface area contributed by atoms with E-state index in [9.17, 15) is 0 Å². The molecule has 2 aromatic rings. The van der Waals surface area contributed by atoms with Gasteiger partial charge in [-0.2, -0.15) is 0 Å². The lowest BCUT2D eigenvalue weighted by atomic mass is 10.1. The molecule has 0 fully saturated rings. The smallest absolute Gasteiger partial charge is 0.188 e. The molecular formula is C21H30N4. The molecule has 0 spiro atoms. The van der Waals surface area contributed by atoms with Crippen LogP contribution in [0.1, 0.15) is 24.5 Å². The molecule has 4 heteroatoms. The first-order chi connectivity index (χ1) is 12.1. The molecule has 4 nitrogen and oxygen atoms in total. The van der Waals surface area contributed by atoms with E-state index < -0.39 is 0 Å². The Hall–Kier alpha value is -2.33. The molecule has 1 atom stereocenters. The zero-order valence-electron chi connectivity index (χ0n) is 15.4. The van der Waals surface area contributed by atoms with E-state index in [1.165, 1.54) is 11.1 Å². The third-order valence-electron chi connectivity index (χ3n) is 4.42. The van der Waals surface area contributed by atoms with Crippen molar-refractivity contribution in [3.05, 3.63) is 71.8 Å². The van der Waals surface area contributed by atoms with Gasteiger partial charge in [0, 0.05) is 25.7 Å². The van der Waals surface area contributed by atoms with Crippen LogP contribution in [0.25, 0.3) is 0 Å². The molecule has 25 heavy (non-hydrogen) atoms. The Morgan fingerprint density at radius 3 is 2.28 bits per heavy atom. The largest absolute Gasteiger partial charge is 0.370 e. The van der Waals surface area contributed by atoms with E-state index in [1.54, 1.807) is 0 Å². The average molecular weight is 338 g/mol. The number of benzene rings is 2. The van der Waals surface area contributed by atoms with E-state index in [-0.39, 0.29) is 0 Å². The first-order valence-electron chi connectivity index (χ1n) is 8.97. The molecule has 0 aliphatic carbocycles. The van der Waals surface area contributed by atoms with Gasteiger partial charge in [-0.25, -0.2) is 0 Å². The summed E-state index contributed by atoms with van der Waals surface area (Å²) in [6, 6.07) is 21.4. The molecular weight excluding hydrogens is 308 g/mol. The van der Waals surface area contributed by atoms with Crippen molar-refractivity contribution in [2.24, 2.45) is 10.7 Å². The van der Waals surface area contributed by atoms with Gasteiger partial charge in [-0.05, 0) is 37.9 Å². The number of nitrogens with one attached hydrogen (secondary N) is 1. The molecule has 0 bridgehead atoms. The van der Waals surface area contributed by atoms with Crippen molar-refractivity contribution in [3.63, 3.8) is 0 Å². The summed E-state index contributed by atoms with van der Waals surface area (Å²) in [4.78, 5) is 6.79. The summed E-state index contributed by atoms with van der Waals surface area (Å²) in [5.74, 6) is 0.536. The summed E-state index contributed by atoms with van der Waals surface area (Å²) >= 11 is 0. The Morgan fingerprint density at radius 1 is 1.04 bits per heavy atom. The van der Waals surface area contributed by atoms with Crippen LogP contribution in [0.2, 0.25) is 0 Å². The summed E-state index contributed by atoms with van der Waals surface area (Å²) < 4.78 is 0. The van der Waals surface area contributed by atoms with Gasteiger partial charge in [0.05, 0.1) is 0 Å². The second-order valence-electron chi connectivity index (χ2n) is 6.47. The van der Waals surface area contributed by atoms with Gasteiger partial charge < -0.3 is 11.1 Å². The zero-order valence-corrected chi connectivity index (χ0v) is 15.4. The number of hydrogen-bond donors (Lipinski definition) is 2. The molecule has 134 valence electrons. The number of hydrogen-bond acceptors (Lipinski definition) is 2. The molecule has 2 rings (SSSR count). The van der Waals surface area contributed by atoms with Crippen molar-refractivity contribution in [2.45, 2.75) is 32.4 Å². The van der Waals surface area contributed by atoms with Crippen LogP contribution in [0.3, 0.4) is 0 Å². The Labute approximate surface area is 151 Å². The summed E-state index contributed by atoms with van der Waals surface area (Å²) in [5, 5.41) is 3.19. The van der Waals surface area contributed by atoms with Crippen LogP contribution >= 0.6 is 0 Å². The summed E-state index contributed by atoms with van der Waals surface area (Å²) in [5.41, 5.74) is 8.59. The average Bonchev–Trinajstić information content (AvgIpc) is 2.63. The van der Waals surface area contributed by atoms with Crippen LogP contribution in [0, 0.1) is 0 Å². The number of aliphatic imine (C=N–C) groups is 1. The standard InChI is InChI=1S/C21H30N4/c1-18(25(2)17-20-11-7-4-8-12-20)13-15-23-21(22)24-16-14-19-9-5-3-6-10-19/h3-12,18H,13-17H2,1-2H3,(H3,22,23,24). The molecule has 0 amide bonds. The summed E-state index contributed by atoms with van der Waals surface area (Å²) in [6.07, 6.45) is 1.94. The first-order valence-corrected chi connectivity index (χ1v) is 8.97. The van der Waals surface area contributed by atoms with Gasteiger partial charge in [-0.3, -0.25) is 9.89 Å². The maximum absolute atomic E-state index is 5.95. The van der Waals surface area contributed by atoms with Crippen LogP contribution in [0.15, 0.2) is 65.7 Å². The molecule has 0 radical (unpaired) electrons. The van der Waals surface area contributed by atoms with E-state index in [0.29, 0.717) is 12.0 Å². The number of guanidine groups is 1. The van der Waals surface area contributed by atoms with Gasteiger partial charge in [0.25, 0.3) is 0 Å². The molecule has 0 saturated carbocycles. The highest BCUT2D eigenvalue weighted by molar-refractivity contribution is 5.77. The van der Waals surface area contributed by atoms with Gasteiger partial charge in [-0.1, -0.05) is 60.7 Å². The van der Waals surface area contributed by atoms with Crippen molar-refractivity contribution < 1.29 is 0 Å². The van der Waals surface area contributed by atoms with Crippen molar-refractivity contribution >= 4 is 5.96 Å². The van der Waals surface area contributed by atoms with Gasteiger partial charge in [0.15, 0.2) is 5.96 Å². The molecule has 3 N–H and O–H groups in total. The summed E-state index contributed by atoms with van der Waals surface area (Å²) in [7, 11) is 2.16. The van der Waals surface area contributed by atoms with Gasteiger partial charge in [-0.15, -0.1) is 0 Å². The van der Waals surface area contributed by atoms with Crippen molar-refractivity contribution in [3.8, 4) is 0 Å². The minimum Gasteiger partial charge on any atom is -0.370 e. The van der Waals surface area contributed by atoms with Crippen LogP contribution in [0.4, 0.5) is 0 Å². The SMILES string of the molecule is CC(CCN=C(N)NCCc1ccccc1)N(C)Cc1ccccc1. The third kappa shape index (κ3) is 7.40. The Kier molecular flexibility index (Phi) is 7.99. The Morgan fingerprint density at radius 2 is 1.64 bits per heavy atom. The fraction of sp³-hybridized carbons (Fsp3) is 0.381. The topological polar surface area (TPSA) is 53.6 Å². The number of rotatable bonds is 9. The van der Waals surface area contributed by atoms with E-state index in [0.717, 1.165) is 32.5 Å². The van der Waals surface area contributed by atoms with Crippen LogP contribution in [-0.2, 0) is 13.0 Å². The Bertz CT molecular complexity index is 625. The molecule has 0 heterocycles. The lowest BCUT2D eigenvalue weighted by Crippen LogP contribution is -2.34. The number of nitrogens with two attached hydrogens (primary N) is 1. The van der Waals surface area contributed by atoms with Gasteiger partial charge in [0.2, 0.25) is 0 Å². The van der Waals surface area contributed by atoms with Crippen LogP contribution in [0.5, 0.6) is 0 Å². The van der Waals surface area contributed by atoms with E-state index in [4.69, 9.17) is 5.73 Å². The number of nitrogens with zero attached hydrogens (tertiary/aromatic N) is 2. The lowest BCUT2D eigenvalue weighted by Gasteiger charge is -2.24. The maximum Gasteiger partial charge on any atom is 0.188 e. The Balaban J connectivity index is 1.64. The molecule has 1 unspecified atom stereocenters. The van der Waals surface area contributed by atoms with Crippen LogP contribution in [-0.4, -0.2) is 37.0 Å².